The standard InChI is InChI=1S/C15H16O4/c16-9-8-12-6-7-14(19-12)13(15(17)18)10-11-4-2-1-3-5-11/h1-7,13,16H,8-10H2,(H,17,18). The van der Waals surface area contributed by atoms with E-state index in [1.54, 1.807) is 12.1 Å². The van der Waals surface area contributed by atoms with Crippen molar-refractivity contribution in [2.24, 2.45) is 0 Å². The summed E-state index contributed by atoms with van der Waals surface area (Å²) in [6.45, 7) is -0.0105. The monoisotopic (exact) mass is 260 g/mol. The highest BCUT2D eigenvalue weighted by Gasteiger charge is 2.23. The molecule has 0 radical (unpaired) electrons. The van der Waals surface area contributed by atoms with E-state index in [-0.39, 0.29) is 6.61 Å². The number of furan rings is 1. The van der Waals surface area contributed by atoms with Crippen LogP contribution in [0.4, 0.5) is 0 Å². The van der Waals surface area contributed by atoms with Gasteiger partial charge >= 0.3 is 5.97 Å². The Hall–Kier alpha value is -2.07. The third-order valence-electron chi connectivity index (χ3n) is 2.96. The molecule has 19 heavy (non-hydrogen) atoms. The van der Waals surface area contributed by atoms with E-state index in [4.69, 9.17) is 9.52 Å². The van der Waals surface area contributed by atoms with E-state index in [0.717, 1.165) is 5.56 Å². The maximum Gasteiger partial charge on any atom is 0.314 e. The Labute approximate surface area is 111 Å². The zero-order valence-electron chi connectivity index (χ0n) is 10.5. The average molecular weight is 260 g/mol. The SMILES string of the molecule is O=C(O)C(Cc1ccccc1)c1ccc(CCO)o1. The van der Waals surface area contributed by atoms with E-state index in [1.807, 2.05) is 30.3 Å². The summed E-state index contributed by atoms with van der Waals surface area (Å²) < 4.78 is 5.48. The highest BCUT2D eigenvalue weighted by Crippen LogP contribution is 2.23. The molecule has 0 aliphatic heterocycles. The van der Waals surface area contributed by atoms with Gasteiger partial charge in [0.15, 0.2) is 0 Å². The van der Waals surface area contributed by atoms with E-state index in [2.05, 4.69) is 0 Å². The summed E-state index contributed by atoms with van der Waals surface area (Å²) in [5.74, 6) is -0.569. The zero-order chi connectivity index (χ0) is 13.7. The Balaban J connectivity index is 2.17. The van der Waals surface area contributed by atoms with Gasteiger partial charge in [0, 0.05) is 6.42 Å². The zero-order valence-corrected chi connectivity index (χ0v) is 10.5. The predicted molar refractivity (Wildman–Crippen MR) is 70.0 cm³/mol. The van der Waals surface area contributed by atoms with Crippen LogP contribution < -0.4 is 0 Å². The van der Waals surface area contributed by atoms with E-state index >= 15 is 0 Å². The number of aliphatic hydroxyl groups excluding tert-OH is 1. The summed E-state index contributed by atoms with van der Waals surface area (Å²) in [6.07, 6.45) is 0.792. The summed E-state index contributed by atoms with van der Waals surface area (Å²) in [4.78, 5) is 11.4. The van der Waals surface area contributed by atoms with Crippen LogP contribution in [0, 0.1) is 0 Å². The molecule has 2 rings (SSSR count). The van der Waals surface area contributed by atoms with Gasteiger partial charge < -0.3 is 14.6 Å². The smallest absolute Gasteiger partial charge is 0.314 e. The molecule has 2 N–H and O–H groups in total. The lowest BCUT2D eigenvalue weighted by molar-refractivity contribution is -0.139. The normalized spacial score (nSPS) is 12.3. The van der Waals surface area contributed by atoms with Crippen LogP contribution in [0.25, 0.3) is 0 Å². The number of hydrogen-bond acceptors (Lipinski definition) is 3. The molecule has 1 aromatic carbocycles. The maximum absolute atomic E-state index is 11.4. The summed E-state index contributed by atoms with van der Waals surface area (Å²) in [5.41, 5.74) is 0.954. The fourth-order valence-corrected chi connectivity index (χ4v) is 1.99. The average Bonchev–Trinajstić information content (AvgIpc) is 2.85. The highest BCUT2D eigenvalue weighted by atomic mass is 16.4. The molecule has 0 amide bonds. The van der Waals surface area contributed by atoms with Crippen molar-refractivity contribution in [3.05, 3.63) is 59.5 Å². The molecule has 0 aliphatic rings. The van der Waals surface area contributed by atoms with Crippen LogP contribution in [0.5, 0.6) is 0 Å². The first kappa shape index (κ1) is 13.4. The lowest BCUT2D eigenvalue weighted by Gasteiger charge is -2.09. The van der Waals surface area contributed by atoms with Crippen LogP contribution in [-0.2, 0) is 17.6 Å². The van der Waals surface area contributed by atoms with E-state index < -0.39 is 11.9 Å². The number of carboxylic acid groups (broad SMARTS) is 1. The Morgan fingerprint density at radius 2 is 1.89 bits per heavy atom. The molecule has 1 aromatic heterocycles. The minimum Gasteiger partial charge on any atom is -0.481 e. The van der Waals surface area contributed by atoms with E-state index in [0.29, 0.717) is 24.4 Å². The molecule has 1 heterocycles. The fraction of sp³-hybridized carbons (Fsp3) is 0.267. The number of carboxylic acids is 1. The van der Waals surface area contributed by atoms with Crippen molar-refractivity contribution in [3.8, 4) is 0 Å². The Kier molecular flexibility index (Phi) is 4.36. The highest BCUT2D eigenvalue weighted by molar-refractivity contribution is 5.75. The number of aliphatic hydroxyl groups is 1. The summed E-state index contributed by atoms with van der Waals surface area (Å²) in [6, 6.07) is 12.8. The van der Waals surface area contributed by atoms with Gasteiger partial charge in [-0.2, -0.15) is 0 Å². The second kappa shape index (κ2) is 6.20. The number of benzene rings is 1. The van der Waals surface area contributed by atoms with Gasteiger partial charge in [0.25, 0.3) is 0 Å². The quantitative estimate of drug-likeness (QED) is 0.835. The van der Waals surface area contributed by atoms with Crippen LogP contribution in [0.1, 0.15) is 23.0 Å². The molecular formula is C15H16O4. The number of aliphatic carboxylic acids is 1. The topological polar surface area (TPSA) is 70.7 Å². The summed E-state index contributed by atoms with van der Waals surface area (Å²) in [7, 11) is 0. The molecule has 4 nitrogen and oxygen atoms in total. The molecule has 4 heteroatoms. The molecule has 0 fully saturated rings. The number of carbonyl (C=O) groups is 1. The minimum atomic E-state index is -0.909. The first-order chi connectivity index (χ1) is 9.20. The molecule has 1 atom stereocenters. The summed E-state index contributed by atoms with van der Waals surface area (Å²) >= 11 is 0. The Morgan fingerprint density at radius 1 is 1.16 bits per heavy atom. The lowest BCUT2D eigenvalue weighted by Crippen LogP contribution is -2.13. The van der Waals surface area contributed by atoms with Gasteiger partial charge in [-0.1, -0.05) is 30.3 Å². The second-order valence-electron chi connectivity index (χ2n) is 4.36. The molecule has 0 saturated heterocycles. The number of rotatable bonds is 6. The molecule has 0 bridgehead atoms. The van der Waals surface area contributed by atoms with Crippen LogP contribution in [0.15, 0.2) is 46.9 Å². The van der Waals surface area contributed by atoms with Crippen molar-refractivity contribution in [2.45, 2.75) is 18.8 Å². The van der Waals surface area contributed by atoms with Gasteiger partial charge in [0.05, 0.1) is 6.61 Å². The predicted octanol–water partition coefficient (Wildman–Crippen LogP) is 2.23. The van der Waals surface area contributed by atoms with E-state index in [1.165, 1.54) is 0 Å². The van der Waals surface area contributed by atoms with E-state index in [9.17, 15) is 9.90 Å². The third-order valence-corrected chi connectivity index (χ3v) is 2.96. The lowest BCUT2D eigenvalue weighted by atomic mass is 9.97. The van der Waals surface area contributed by atoms with Crippen LogP contribution in [0.3, 0.4) is 0 Å². The van der Waals surface area contributed by atoms with Gasteiger partial charge in [-0.3, -0.25) is 4.79 Å². The van der Waals surface area contributed by atoms with Crippen LogP contribution in [-0.4, -0.2) is 22.8 Å². The maximum atomic E-state index is 11.4. The molecular weight excluding hydrogens is 244 g/mol. The van der Waals surface area contributed by atoms with Gasteiger partial charge in [0.2, 0.25) is 0 Å². The molecule has 100 valence electrons. The van der Waals surface area contributed by atoms with Crippen molar-refractivity contribution in [2.75, 3.05) is 6.61 Å². The first-order valence-corrected chi connectivity index (χ1v) is 6.17. The van der Waals surface area contributed by atoms with Gasteiger partial charge in [-0.15, -0.1) is 0 Å². The van der Waals surface area contributed by atoms with Crippen molar-refractivity contribution in [3.63, 3.8) is 0 Å². The Bertz CT molecular complexity index is 530. The number of hydrogen-bond donors (Lipinski definition) is 2. The van der Waals surface area contributed by atoms with Crippen molar-refractivity contribution >= 4 is 5.97 Å². The van der Waals surface area contributed by atoms with Crippen molar-refractivity contribution in [1.29, 1.82) is 0 Å². The minimum absolute atomic E-state index is 0.0105. The molecule has 0 spiro atoms. The van der Waals surface area contributed by atoms with Crippen molar-refractivity contribution < 1.29 is 19.4 Å². The van der Waals surface area contributed by atoms with Crippen LogP contribution in [0.2, 0.25) is 0 Å². The van der Waals surface area contributed by atoms with Gasteiger partial charge in [0.1, 0.15) is 17.4 Å². The van der Waals surface area contributed by atoms with Crippen LogP contribution >= 0.6 is 0 Å². The van der Waals surface area contributed by atoms with Crippen molar-refractivity contribution in [1.82, 2.24) is 0 Å². The first-order valence-electron chi connectivity index (χ1n) is 6.17. The summed E-state index contributed by atoms with van der Waals surface area (Å²) in [5, 5.41) is 18.2. The second-order valence-corrected chi connectivity index (χ2v) is 4.36. The van der Waals surface area contributed by atoms with Gasteiger partial charge in [-0.05, 0) is 24.1 Å². The van der Waals surface area contributed by atoms with Gasteiger partial charge in [-0.25, -0.2) is 0 Å². The molecule has 1 unspecified atom stereocenters. The Morgan fingerprint density at radius 3 is 2.53 bits per heavy atom. The fourth-order valence-electron chi connectivity index (χ4n) is 1.99. The molecule has 2 aromatic rings. The molecule has 0 saturated carbocycles. The molecule has 0 aliphatic carbocycles. The largest absolute Gasteiger partial charge is 0.481 e. The third kappa shape index (κ3) is 3.45.